The summed E-state index contributed by atoms with van der Waals surface area (Å²) in [6.07, 6.45) is -1.09. The van der Waals surface area contributed by atoms with Gasteiger partial charge in [0, 0.05) is 43.0 Å². The molecule has 1 heterocycles. The van der Waals surface area contributed by atoms with Crippen molar-refractivity contribution in [2.45, 2.75) is 25.7 Å². The van der Waals surface area contributed by atoms with E-state index in [2.05, 4.69) is 22.1 Å². The van der Waals surface area contributed by atoms with Gasteiger partial charge in [0.15, 0.2) is 5.78 Å². The number of hydrogen-bond donors (Lipinski definition) is 4. The van der Waals surface area contributed by atoms with E-state index in [0.717, 1.165) is 22.4 Å². The number of nitrogens with zero attached hydrogens (tertiary/aromatic N) is 2. The molecule has 1 saturated heterocycles. The van der Waals surface area contributed by atoms with Crippen LogP contribution in [0, 0.1) is 11.8 Å². The lowest BCUT2D eigenvalue weighted by atomic mass is 10.1. The zero-order chi connectivity index (χ0) is 23.8. The molecule has 1 aliphatic heterocycles. The molecule has 174 valence electrons. The molecule has 0 radical (unpaired) electrons. The van der Waals surface area contributed by atoms with Gasteiger partial charge in [-0.25, -0.2) is 4.79 Å². The molecule has 0 bridgehead atoms. The number of urea groups is 1. The average Bonchev–Trinajstić information content (AvgIpc) is 2.86. The van der Waals surface area contributed by atoms with Gasteiger partial charge in [-0.2, -0.15) is 0 Å². The van der Waals surface area contributed by atoms with Crippen LogP contribution >= 0.6 is 0 Å². The maximum absolute atomic E-state index is 12.5. The largest absolute Gasteiger partial charge is 0.392 e. The van der Waals surface area contributed by atoms with E-state index >= 15 is 0 Å². The summed E-state index contributed by atoms with van der Waals surface area (Å²) in [7, 11) is 0. The molecule has 8 nitrogen and oxygen atoms in total. The van der Waals surface area contributed by atoms with Gasteiger partial charge in [0.25, 0.3) is 0 Å². The second kappa shape index (κ2) is 11.5. The number of rotatable bonds is 6. The average molecular weight is 452 g/mol. The van der Waals surface area contributed by atoms with Crippen LogP contribution < -0.4 is 10.2 Å². The molecule has 8 heteroatoms. The monoisotopic (exact) mass is 451 g/mol. The topological polar surface area (TPSA) is 113 Å². The van der Waals surface area contributed by atoms with Gasteiger partial charge in [0.1, 0.15) is 12.6 Å². The number of ketones is 1. The van der Waals surface area contributed by atoms with Crippen LogP contribution in [0.3, 0.4) is 0 Å². The Labute approximate surface area is 193 Å². The van der Waals surface area contributed by atoms with Gasteiger partial charge in [-0.3, -0.25) is 4.79 Å². The maximum atomic E-state index is 12.5. The third-order valence-corrected chi connectivity index (χ3v) is 5.55. The predicted molar refractivity (Wildman–Crippen MR) is 125 cm³/mol. The molecule has 1 aliphatic rings. The zero-order valence-corrected chi connectivity index (χ0v) is 18.6. The summed E-state index contributed by atoms with van der Waals surface area (Å²) < 4.78 is 0. The van der Waals surface area contributed by atoms with Crippen LogP contribution in [0.2, 0.25) is 0 Å². The van der Waals surface area contributed by atoms with Gasteiger partial charge >= 0.3 is 6.03 Å². The quantitative estimate of drug-likeness (QED) is 0.482. The maximum Gasteiger partial charge on any atom is 0.318 e. The van der Waals surface area contributed by atoms with Crippen LogP contribution in [0.1, 0.15) is 23.6 Å². The molecular weight excluding hydrogens is 422 g/mol. The van der Waals surface area contributed by atoms with Crippen LogP contribution in [0.4, 0.5) is 10.5 Å². The van der Waals surface area contributed by atoms with Crippen LogP contribution in [-0.2, 0) is 11.4 Å². The van der Waals surface area contributed by atoms with Gasteiger partial charge in [-0.1, -0.05) is 24.0 Å². The summed E-state index contributed by atoms with van der Waals surface area (Å²) in [5, 5.41) is 30.3. The van der Waals surface area contributed by atoms with E-state index in [1.165, 1.54) is 6.92 Å². The van der Waals surface area contributed by atoms with Crippen LogP contribution in [0.5, 0.6) is 0 Å². The van der Waals surface area contributed by atoms with Gasteiger partial charge in [0.2, 0.25) is 0 Å². The first kappa shape index (κ1) is 24.3. The van der Waals surface area contributed by atoms with Crippen molar-refractivity contribution in [2.24, 2.45) is 0 Å². The molecule has 2 aromatic rings. The summed E-state index contributed by atoms with van der Waals surface area (Å²) in [5.74, 6) is 5.62. The van der Waals surface area contributed by atoms with E-state index in [1.54, 1.807) is 4.90 Å². The lowest BCUT2D eigenvalue weighted by Gasteiger charge is -2.36. The molecular formula is C25H29N3O5. The van der Waals surface area contributed by atoms with E-state index in [-0.39, 0.29) is 6.61 Å². The lowest BCUT2D eigenvalue weighted by molar-refractivity contribution is -0.125. The molecule has 0 aliphatic carbocycles. The SMILES string of the molecule is C[C@H](O)[C@@H](NC(=O)N1CCN(c2ccc(C#Cc3ccc(CO)cc3)cc2)CC1)C(=O)CO. The van der Waals surface area contributed by atoms with E-state index in [4.69, 9.17) is 10.2 Å². The Morgan fingerprint density at radius 1 is 0.939 bits per heavy atom. The Bertz CT molecular complexity index is 1000. The predicted octanol–water partition coefficient (Wildman–Crippen LogP) is 0.721. The van der Waals surface area contributed by atoms with Crippen molar-refractivity contribution < 1.29 is 24.9 Å². The highest BCUT2D eigenvalue weighted by Crippen LogP contribution is 2.17. The number of nitrogens with one attached hydrogen (secondary N) is 1. The van der Waals surface area contributed by atoms with E-state index in [0.29, 0.717) is 26.2 Å². The number of carbonyl (C=O) groups excluding carboxylic acids is 2. The number of hydrogen-bond acceptors (Lipinski definition) is 6. The van der Waals surface area contributed by atoms with Gasteiger partial charge < -0.3 is 30.4 Å². The first-order valence-corrected chi connectivity index (χ1v) is 10.8. The fourth-order valence-corrected chi connectivity index (χ4v) is 3.55. The standard InChI is InChI=1S/C25H29N3O5/c1-18(31)24(23(32)17-30)26-25(33)28-14-12-27(13-15-28)22-10-8-20(9-11-22)3-2-19-4-6-21(16-29)7-5-19/h4-11,18,24,29-31H,12-17H2,1H3,(H,26,33)/t18-,24+/m0/s1. The summed E-state index contributed by atoms with van der Waals surface area (Å²) >= 11 is 0. The molecule has 0 spiro atoms. The van der Waals surface area contributed by atoms with Crippen molar-refractivity contribution >= 4 is 17.5 Å². The molecule has 0 aromatic heterocycles. The van der Waals surface area contributed by atoms with E-state index in [9.17, 15) is 14.7 Å². The van der Waals surface area contributed by atoms with Gasteiger partial charge in [0.05, 0.1) is 12.7 Å². The molecule has 3 rings (SSSR count). The van der Waals surface area contributed by atoms with Crippen molar-refractivity contribution in [2.75, 3.05) is 37.7 Å². The summed E-state index contributed by atoms with van der Waals surface area (Å²) in [6.45, 7) is 2.87. The Morgan fingerprint density at radius 2 is 1.48 bits per heavy atom. The molecule has 4 N–H and O–H groups in total. The van der Waals surface area contributed by atoms with Crippen LogP contribution in [0.15, 0.2) is 48.5 Å². The Kier molecular flexibility index (Phi) is 8.44. The zero-order valence-electron chi connectivity index (χ0n) is 18.6. The number of amides is 2. The van der Waals surface area contributed by atoms with Crippen molar-refractivity contribution in [3.63, 3.8) is 0 Å². The number of aliphatic hydroxyl groups excluding tert-OH is 3. The Morgan fingerprint density at radius 3 is 1.97 bits per heavy atom. The number of aliphatic hydroxyl groups is 3. The van der Waals surface area contributed by atoms with Gasteiger partial charge in [-0.05, 0) is 48.9 Å². The van der Waals surface area contributed by atoms with Crippen molar-refractivity contribution in [1.82, 2.24) is 10.2 Å². The summed E-state index contributed by atoms with van der Waals surface area (Å²) in [5.41, 5.74) is 3.65. The van der Waals surface area contributed by atoms with Gasteiger partial charge in [-0.15, -0.1) is 0 Å². The Hall–Kier alpha value is -3.38. The van der Waals surface area contributed by atoms with Crippen LogP contribution in [-0.4, -0.2) is 77.0 Å². The van der Waals surface area contributed by atoms with Crippen LogP contribution in [0.25, 0.3) is 0 Å². The molecule has 0 unspecified atom stereocenters. The number of Topliss-reactive ketones (excluding diaryl/α,β-unsaturated/α-hetero) is 1. The third-order valence-electron chi connectivity index (χ3n) is 5.55. The van der Waals surface area contributed by atoms with Crippen molar-refractivity contribution in [3.05, 3.63) is 65.2 Å². The fraction of sp³-hybridized carbons (Fsp3) is 0.360. The molecule has 0 saturated carbocycles. The summed E-state index contributed by atoms with van der Waals surface area (Å²) in [4.78, 5) is 28.0. The summed E-state index contributed by atoms with van der Waals surface area (Å²) in [6, 6.07) is 13.8. The second-order valence-electron chi connectivity index (χ2n) is 7.92. The minimum atomic E-state index is -1.12. The van der Waals surface area contributed by atoms with E-state index in [1.807, 2.05) is 48.5 Å². The lowest BCUT2D eigenvalue weighted by Crippen LogP contribution is -2.57. The third kappa shape index (κ3) is 6.56. The smallest absolute Gasteiger partial charge is 0.318 e. The molecule has 1 fully saturated rings. The fourth-order valence-electron chi connectivity index (χ4n) is 3.55. The van der Waals surface area contributed by atoms with Crippen molar-refractivity contribution in [3.8, 4) is 11.8 Å². The first-order chi connectivity index (χ1) is 15.9. The molecule has 2 amide bonds. The highest BCUT2D eigenvalue weighted by Gasteiger charge is 2.28. The highest BCUT2D eigenvalue weighted by atomic mass is 16.3. The Balaban J connectivity index is 1.54. The molecule has 33 heavy (non-hydrogen) atoms. The normalized spacial score (nSPS) is 15.3. The first-order valence-electron chi connectivity index (χ1n) is 10.8. The minimum Gasteiger partial charge on any atom is -0.392 e. The number of benzene rings is 2. The minimum absolute atomic E-state index is 0.0138. The number of anilines is 1. The number of piperazine rings is 1. The number of carbonyl (C=O) groups is 2. The second-order valence-corrected chi connectivity index (χ2v) is 7.92. The van der Waals surface area contributed by atoms with E-state index < -0.39 is 30.6 Å². The molecule has 2 aromatic carbocycles. The highest BCUT2D eigenvalue weighted by molar-refractivity contribution is 5.89. The molecule has 2 atom stereocenters. The van der Waals surface area contributed by atoms with Crippen molar-refractivity contribution in [1.29, 1.82) is 0 Å².